The fraction of sp³-hybridized carbons (Fsp3) is 0.429. The summed E-state index contributed by atoms with van der Waals surface area (Å²) in [5.74, 6) is 1.02. The Kier molecular flexibility index (Phi) is 4.79. The summed E-state index contributed by atoms with van der Waals surface area (Å²) in [6.07, 6.45) is 7.17. The van der Waals surface area contributed by atoms with Crippen LogP contribution in [0.3, 0.4) is 0 Å². The highest BCUT2D eigenvalue weighted by molar-refractivity contribution is 5.76. The van der Waals surface area contributed by atoms with Crippen molar-refractivity contribution in [3.8, 4) is 0 Å². The lowest BCUT2D eigenvalue weighted by atomic mass is 9.64. The predicted molar refractivity (Wildman–Crippen MR) is 96.0 cm³/mol. The van der Waals surface area contributed by atoms with E-state index in [-0.39, 0.29) is 11.9 Å². The number of pyridine rings is 1. The largest absolute Gasteiger partial charge is 0.377 e. The molecule has 1 aromatic carbocycles. The van der Waals surface area contributed by atoms with Gasteiger partial charge >= 0.3 is 0 Å². The Hall–Kier alpha value is -2.20. The number of aromatic nitrogens is 1. The highest BCUT2D eigenvalue weighted by Gasteiger charge is 2.53. The minimum Gasteiger partial charge on any atom is -0.377 e. The van der Waals surface area contributed by atoms with Crippen molar-refractivity contribution in [1.29, 1.82) is 0 Å². The van der Waals surface area contributed by atoms with Crippen molar-refractivity contribution in [2.24, 2.45) is 11.8 Å². The summed E-state index contributed by atoms with van der Waals surface area (Å²) in [5.41, 5.74) is 2.47. The zero-order valence-electron chi connectivity index (χ0n) is 14.3. The summed E-state index contributed by atoms with van der Waals surface area (Å²) >= 11 is 0. The van der Waals surface area contributed by atoms with Crippen molar-refractivity contribution in [2.45, 2.75) is 37.8 Å². The molecule has 1 N–H and O–H groups in total. The summed E-state index contributed by atoms with van der Waals surface area (Å²) in [6, 6.07) is 14.7. The zero-order chi connectivity index (χ0) is 17.1. The summed E-state index contributed by atoms with van der Waals surface area (Å²) in [4.78, 5) is 16.5. The molecule has 1 aromatic heterocycles. The van der Waals surface area contributed by atoms with E-state index in [1.807, 2.05) is 18.2 Å². The fourth-order valence-electron chi connectivity index (χ4n) is 4.24. The molecular formula is C21H24N2O2. The molecule has 4 heteroatoms. The van der Waals surface area contributed by atoms with E-state index >= 15 is 0 Å². The van der Waals surface area contributed by atoms with E-state index in [2.05, 4.69) is 34.6 Å². The number of fused-ring (bicyclic) bond motifs is 1. The van der Waals surface area contributed by atoms with Crippen LogP contribution in [-0.2, 0) is 22.4 Å². The first-order valence-electron chi connectivity index (χ1n) is 9.15. The standard InChI is InChI=1S/C21H24N2O2/c24-19(7-6-15-8-11-22-12-9-15)23-20-17-10-13-25-21(17)18(20)14-16-4-2-1-3-5-16/h1-5,8-9,11-12,17-18,20-21H,6-7,10,13-14H2,(H,23,24). The number of ether oxygens (including phenoxy) is 1. The molecule has 0 bridgehead atoms. The molecule has 4 nitrogen and oxygen atoms in total. The van der Waals surface area contributed by atoms with Gasteiger partial charge in [0.15, 0.2) is 0 Å². The second-order valence-electron chi connectivity index (χ2n) is 7.09. The first kappa shape index (κ1) is 16.3. The van der Waals surface area contributed by atoms with Gasteiger partial charge in [0, 0.05) is 43.3 Å². The number of aryl methyl sites for hydroxylation is 1. The number of amides is 1. The lowest BCUT2D eigenvalue weighted by Crippen LogP contribution is -2.62. The number of carbonyl (C=O) groups excluding carboxylic acids is 1. The van der Waals surface area contributed by atoms with Crippen LogP contribution in [0.5, 0.6) is 0 Å². The molecule has 4 rings (SSSR count). The maximum atomic E-state index is 12.4. The molecule has 25 heavy (non-hydrogen) atoms. The summed E-state index contributed by atoms with van der Waals surface area (Å²) in [6.45, 7) is 0.823. The normalized spacial score (nSPS) is 27.4. The van der Waals surface area contributed by atoms with E-state index in [0.717, 1.165) is 31.4 Å². The van der Waals surface area contributed by atoms with Gasteiger partial charge in [-0.1, -0.05) is 30.3 Å². The third-order valence-corrected chi connectivity index (χ3v) is 5.56. The van der Waals surface area contributed by atoms with Crippen LogP contribution in [0.25, 0.3) is 0 Å². The van der Waals surface area contributed by atoms with Gasteiger partial charge < -0.3 is 10.1 Å². The Morgan fingerprint density at radius 1 is 1.12 bits per heavy atom. The van der Waals surface area contributed by atoms with Gasteiger partial charge in [0.05, 0.1) is 6.10 Å². The number of carbonyl (C=O) groups is 1. The van der Waals surface area contributed by atoms with Crippen LogP contribution < -0.4 is 5.32 Å². The van der Waals surface area contributed by atoms with E-state index in [9.17, 15) is 4.79 Å². The van der Waals surface area contributed by atoms with Crippen LogP contribution in [0, 0.1) is 11.8 Å². The van der Waals surface area contributed by atoms with Gasteiger partial charge in [-0.2, -0.15) is 0 Å². The Morgan fingerprint density at radius 2 is 1.92 bits per heavy atom. The van der Waals surface area contributed by atoms with Gasteiger partial charge in [0.1, 0.15) is 0 Å². The van der Waals surface area contributed by atoms with Crippen molar-refractivity contribution in [3.05, 3.63) is 66.0 Å². The van der Waals surface area contributed by atoms with Gasteiger partial charge in [0.2, 0.25) is 5.91 Å². The number of rotatable bonds is 6. The Balaban J connectivity index is 1.35. The molecule has 2 aliphatic rings. The topological polar surface area (TPSA) is 51.2 Å². The monoisotopic (exact) mass is 336 g/mol. The maximum absolute atomic E-state index is 12.4. The summed E-state index contributed by atoms with van der Waals surface area (Å²) in [5, 5.41) is 3.29. The second kappa shape index (κ2) is 7.36. The molecule has 4 atom stereocenters. The molecule has 1 aliphatic carbocycles. The minimum atomic E-state index is 0.144. The highest BCUT2D eigenvalue weighted by Crippen LogP contribution is 2.45. The van der Waals surface area contributed by atoms with Crippen molar-refractivity contribution >= 4 is 5.91 Å². The first-order chi connectivity index (χ1) is 12.3. The molecule has 2 fully saturated rings. The van der Waals surface area contributed by atoms with Gasteiger partial charge in [-0.15, -0.1) is 0 Å². The molecule has 2 heterocycles. The van der Waals surface area contributed by atoms with Crippen LogP contribution in [0.15, 0.2) is 54.9 Å². The Morgan fingerprint density at radius 3 is 2.72 bits per heavy atom. The minimum absolute atomic E-state index is 0.144. The number of nitrogens with zero attached hydrogens (tertiary/aromatic N) is 1. The molecule has 1 amide bonds. The van der Waals surface area contributed by atoms with E-state index < -0.39 is 0 Å². The lowest BCUT2D eigenvalue weighted by molar-refractivity contribution is -0.127. The number of nitrogens with one attached hydrogen (secondary N) is 1. The Labute approximate surface area is 148 Å². The molecular weight excluding hydrogens is 312 g/mol. The molecule has 130 valence electrons. The third kappa shape index (κ3) is 3.59. The van der Waals surface area contributed by atoms with E-state index in [1.165, 1.54) is 5.56 Å². The van der Waals surface area contributed by atoms with Gasteiger partial charge in [-0.05, 0) is 42.5 Å². The highest BCUT2D eigenvalue weighted by atomic mass is 16.5. The van der Waals surface area contributed by atoms with Crippen molar-refractivity contribution in [1.82, 2.24) is 10.3 Å². The smallest absolute Gasteiger partial charge is 0.220 e. The molecule has 1 saturated carbocycles. The van der Waals surface area contributed by atoms with Gasteiger partial charge in [0.25, 0.3) is 0 Å². The first-order valence-corrected chi connectivity index (χ1v) is 9.15. The van der Waals surface area contributed by atoms with Crippen LogP contribution in [0.1, 0.15) is 24.0 Å². The van der Waals surface area contributed by atoms with Gasteiger partial charge in [-0.25, -0.2) is 0 Å². The number of hydrogen-bond donors (Lipinski definition) is 1. The quantitative estimate of drug-likeness (QED) is 0.882. The molecule has 1 saturated heterocycles. The van der Waals surface area contributed by atoms with Crippen LogP contribution in [0.4, 0.5) is 0 Å². The second-order valence-corrected chi connectivity index (χ2v) is 7.09. The molecule has 0 spiro atoms. The third-order valence-electron chi connectivity index (χ3n) is 5.56. The summed E-state index contributed by atoms with van der Waals surface area (Å²) in [7, 11) is 0. The molecule has 2 aromatic rings. The van der Waals surface area contributed by atoms with Crippen molar-refractivity contribution < 1.29 is 9.53 Å². The van der Waals surface area contributed by atoms with E-state index in [1.54, 1.807) is 12.4 Å². The summed E-state index contributed by atoms with van der Waals surface area (Å²) < 4.78 is 5.92. The molecule has 4 unspecified atom stereocenters. The molecule has 1 aliphatic heterocycles. The van der Waals surface area contributed by atoms with Crippen molar-refractivity contribution in [2.75, 3.05) is 6.61 Å². The fourth-order valence-corrected chi connectivity index (χ4v) is 4.24. The predicted octanol–water partition coefficient (Wildman–Crippen LogP) is 2.78. The van der Waals surface area contributed by atoms with E-state index in [0.29, 0.717) is 24.4 Å². The number of hydrogen-bond acceptors (Lipinski definition) is 3. The van der Waals surface area contributed by atoms with Crippen molar-refractivity contribution in [3.63, 3.8) is 0 Å². The van der Waals surface area contributed by atoms with Crippen LogP contribution >= 0.6 is 0 Å². The molecule has 0 radical (unpaired) electrons. The number of benzene rings is 1. The maximum Gasteiger partial charge on any atom is 0.220 e. The van der Waals surface area contributed by atoms with E-state index in [4.69, 9.17) is 4.74 Å². The van der Waals surface area contributed by atoms with Gasteiger partial charge in [-0.3, -0.25) is 9.78 Å². The average molecular weight is 336 g/mol. The zero-order valence-corrected chi connectivity index (χ0v) is 14.3. The van der Waals surface area contributed by atoms with Crippen LogP contribution in [0.2, 0.25) is 0 Å². The SMILES string of the molecule is O=C(CCc1ccncc1)NC1C2CCOC2C1Cc1ccccc1. The van der Waals surface area contributed by atoms with Crippen LogP contribution in [-0.4, -0.2) is 29.6 Å². The lowest BCUT2D eigenvalue weighted by Gasteiger charge is -2.48. The Bertz CT molecular complexity index is 704. The average Bonchev–Trinajstić information content (AvgIpc) is 3.09.